The first kappa shape index (κ1) is 24.4. The van der Waals surface area contributed by atoms with Gasteiger partial charge in [-0.05, 0) is 47.8 Å². The molecule has 0 saturated carbocycles. The zero-order valence-electron chi connectivity index (χ0n) is 20.0. The summed E-state index contributed by atoms with van der Waals surface area (Å²) in [5.74, 6) is 0.533. The summed E-state index contributed by atoms with van der Waals surface area (Å²) in [5.41, 5.74) is 0.219. The van der Waals surface area contributed by atoms with Crippen LogP contribution < -0.4 is 5.32 Å². The lowest BCUT2D eigenvalue weighted by molar-refractivity contribution is -0.138. The van der Waals surface area contributed by atoms with Gasteiger partial charge in [0.15, 0.2) is 0 Å². The van der Waals surface area contributed by atoms with Crippen molar-refractivity contribution in [2.24, 2.45) is 0 Å². The van der Waals surface area contributed by atoms with E-state index in [1.807, 2.05) is 32.0 Å². The maximum Gasteiger partial charge on any atom is 0.408 e. The van der Waals surface area contributed by atoms with Gasteiger partial charge in [-0.3, -0.25) is 9.80 Å². The monoisotopic (exact) mass is 466 g/mol. The summed E-state index contributed by atoms with van der Waals surface area (Å²) in [5, 5.41) is 6.49. The van der Waals surface area contributed by atoms with E-state index in [-0.39, 0.29) is 11.9 Å². The number of thioether (sulfide) groups is 1. The number of alkyl carbamates (subject to hydrolysis) is 1. The molecule has 0 radical (unpaired) electrons. The second kappa shape index (κ2) is 8.93. The Kier molecular flexibility index (Phi) is 6.80. The Morgan fingerprint density at radius 3 is 2.31 bits per heavy atom. The third kappa shape index (κ3) is 5.03. The van der Waals surface area contributed by atoms with E-state index in [9.17, 15) is 14.4 Å². The van der Waals surface area contributed by atoms with E-state index in [0.29, 0.717) is 38.5 Å². The summed E-state index contributed by atoms with van der Waals surface area (Å²) < 4.78 is 6.49. The molecule has 1 saturated heterocycles. The zero-order valence-corrected chi connectivity index (χ0v) is 20.8. The first-order chi connectivity index (χ1) is 14.8. The highest BCUT2D eigenvalue weighted by molar-refractivity contribution is 8.00. The molecule has 178 valence electrons. The van der Waals surface area contributed by atoms with E-state index in [2.05, 4.69) is 10.3 Å². The molecule has 3 heterocycles. The van der Waals surface area contributed by atoms with Gasteiger partial charge in [0, 0.05) is 30.9 Å². The molecule has 3 amide bonds. The van der Waals surface area contributed by atoms with Gasteiger partial charge in [-0.15, -0.1) is 0 Å². The number of aryl methyl sites for hydroxylation is 1. The summed E-state index contributed by atoms with van der Waals surface area (Å²) in [7, 11) is 0. The van der Waals surface area contributed by atoms with Crippen LogP contribution in [0.1, 0.15) is 46.1 Å². The number of ether oxygens (including phenoxy) is 1. The lowest BCUT2D eigenvalue weighted by atomic mass is 10.0. The lowest BCUT2D eigenvalue weighted by Crippen LogP contribution is -2.62. The molecule has 1 aromatic heterocycles. The summed E-state index contributed by atoms with van der Waals surface area (Å²) in [6, 6.07) is -0.843. The number of carbonyl (C=O) groups is 3. The number of piperazine rings is 1. The predicted molar refractivity (Wildman–Crippen MR) is 122 cm³/mol. The molecule has 1 aromatic rings. The number of aromatic nitrogens is 2. The SMILES string of the molecule is CSC(C)(C)[C@@H](NC(=O)OC(C)(C)C)C(=O)N1CCN(N2Cc3cnc(C)n3C2=O)CC1. The summed E-state index contributed by atoms with van der Waals surface area (Å²) >= 11 is 1.51. The van der Waals surface area contributed by atoms with E-state index in [1.165, 1.54) is 11.8 Å². The molecule has 0 bridgehead atoms. The Hall–Kier alpha value is -2.27. The molecule has 3 rings (SSSR count). The molecular weight excluding hydrogens is 432 g/mol. The van der Waals surface area contributed by atoms with Crippen LogP contribution in [0, 0.1) is 6.92 Å². The number of hydrogen-bond acceptors (Lipinski definition) is 7. The van der Waals surface area contributed by atoms with Crippen LogP contribution in [0.4, 0.5) is 9.59 Å². The van der Waals surface area contributed by atoms with Crippen molar-refractivity contribution in [2.75, 3.05) is 32.4 Å². The van der Waals surface area contributed by atoms with Crippen LogP contribution in [0.15, 0.2) is 6.20 Å². The standard InChI is InChI=1S/C21H34N6O4S/c1-14-22-12-15-13-26(19(30)27(14)15)25-10-8-24(9-11-25)17(28)16(21(5,6)32-7)23-18(29)31-20(2,3)4/h12,16H,8-11,13H2,1-7H3,(H,23,29)/t16-/m0/s1. The lowest BCUT2D eigenvalue weighted by Gasteiger charge is -2.42. The van der Waals surface area contributed by atoms with Gasteiger partial charge in [0.25, 0.3) is 0 Å². The summed E-state index contributed by atoms with van der Waals surface area (Å²) in [6.07, 6.45) is 3.04. The average Bonchev–Trinajstić information content (AvgIpc) is 3.24. The van der Waals surface area contributed by atoms with Crippen LogP contribution in [-0.4, -0.2) is 91.3 Å². The highest BCUT2D eigenvalue weighted by Gasteiger charge is 2.41. The third-order valence-corrected chi connectivity index (χ3v) is 7.06. The number of nitrogens with zero attached hydrogens (tertiary/aromatic N) is 5. The highest BCUT2D eigenvalue weighted by Crippen LogP contribution is 2.28. The van der Waals surface area contributed by atoms with Crippen LogP contribution in [0.2, 0.25) is 0 Å². The first-order valence-electron chi connectivity index (χ1n) is 10.8. The molecule has 11 heteroatoms. The normalized spacial score (nSPS) is 18.5. The van der Waals surface area contributed by atoms with Crippen molar-refractivity contribution in [2.45, 2.75) is 64.5 Å². The van der Waals surface area contributed by atoms with Crippen molar-refractivity contribution in [3.8, 4) is 0 Å². The number of rotatable bonds is 5. The summed E-state index contributed by atoms with van der Waals surface area (Å²) in [4.78, 5) is 44.5. The number of imidazole rings is 1. The fourth-order valence-corrected chi connectivity index (χ4v) is 4.23. The summed E-state index contributed by atoms with van der Waals surface area (Å²) in [6.45, 7) is 13.5. The number of carbonyl (C=O) groups excluding carboxylic acids is 3. The molecule has 1 N–H and O–H groups in total. The van der Waals surface area contributed by atoms with Crippen LogP contribution >= 0.6 is 11.8 Å². The minimum absolute atomic E-state index is 0.109. The molecule has 2 aliphatic heterocycles. The van der Waals surface area contributed by atoms with Gasteiger partial charge >= 0.3 is 12.1 Å². The van der Waals surface area contributed by atoms with E-state index in [1.54, 1.807) is 41.4 Å². The fourth-order valence-electron chi connectivity index (χ4n) is 3.84. The van der Waals surface area contributed by atoms with Gasteiger partial charge in [-0.25, -0.2) is 24.1 Å². The number of hydrogen-bond donors (Lipinski definition) is 1. The Balaban J connectivity index is 1.64. The van der Waals surface area contributed by atoms with Crippen LogP contribution in [0.25, 0.3) is 0 Å². The van der Waals surface area contributed by atoms with Crippen molar-refractivity contribution >= 4 is 29.8 Å². The molecule has 1 atom stereocenters. The molecule has 1 fully saturated rings. The fraction of sp³-hybridized carbons (Fsp3) is 0.714. The van der Waals surface area contributed by atoms with Gasteiger partial charge in [-0.1, -0.05) is 0 Å². The molecule has 0 aliphatic carbocycles. The van der Waals surface area contributed by atoms with Crippen molar-refractivity contribution < 1.29 is 19.1 Å². The van der Waals surface area contributed by atoms with Gasteiger partial charge in [0.2, 0.25) is 5.91 Å². The zero-order chi connectivity index (χ0) is 23.8. The largest absolute Gasteiger partial charge is 0.444 e. The molecule has 0 spiro atoms. The van der Waals surface area contributed by atoms with Gasteiger partial charge in [-0.2, -0.15) is 11.8 Å². The van der Waals surface area contributed by atoms with E-state index in [0.717, 1.165) is 5.69 Å². The van der Waals surface area contributed by atoms with Crippen molar-refractivity contribution in [3.05, 3.63) is 17.7 Å². The topological polar surface area (TPSA) is 100 Å². The maximum atomic E-state index is 13.4. The number of fused-ring (bicyclic) bond motifs is 1. The Morgan fingerprint density at radius 1 is 1.16 bits per heavy atom. The second-order valence-electron chi connectivity index (χ2n) is 9.64. The Morgan fingerprint density at radius 2 is 1.78 bits per heavy atom. The smallest absolute Gasteiger partial charge is 0.408 e. The number of hydrazine groups is 1. The Labute approximate surface area is 193 Å². The van der Waals surface area contributed by atoms with Crippen LogP contribution in [0.5, 0.6) is 0 Å². The van der Waals surface area contributed by atoms with E-state index in [4.69, 9.17) is 4.74 Å². The number of nitrogens with one attached hydrogen (secondary N) is 1. The maximum absolute atomic E-state index is 13.4. The van der Waals surface area contributed by atoms with Crippen LogP contribution in [0.3, 0.4) is 0 Å². The van der Waals surface area contributed by atoms with E-state index >= 15 is 0 Å². The third-order valence-electron chi connectivity index (χ3n) is 5.77. The number of amides is 3. The van der Waals surface area contributed by atoms with Crippen molar-refractivity contribution in [1.29, 1.82) is 0 Å². The molecule has 32 heavy (non-hydrogen) atoms. The predicted octanol–water partition coefficient (Wildman–Crippen LogP) is 2.07. The minimum atomic E-state index is -0.734. The minimum Gasteiger partial charge on any atom is -0.444 e. The van der Waals surface area contributed by atoms with Crippen molar-refractivity contribution in [3.63, 3.8) is 0 Å². The van der Waals surface area contributed by atoms with E-state index < -0.39 is 22.5 Å². The van der Waals surface area contributed by atoms with Crippen molar-refractivity contribution in [1.82, 2.24) is 29.8 Å². The quantitative estimate of drug-likeness (QED) is 0.709. The second-order valence-corrected chi connectivity index (χ2v) is 11.1. The average molecular weight is 467 g/mol. The van der Waals surface area contributed by atoms with Gasteiger partial charge < -0.3 is 15.0 Å². The highest BCUT2D eigenvalue weighted by atomic mass is 32.2. The molecule has 10 nitrogen and oxygen atoms in total. The first-order valence-corrected chi connectivity index (χ1v) is 12.0. The Bertz CT molecular complexity index is 885. The van der Waals surface area contributed by atoms with Crippen LogP contribution in [-0.2, 0) is 16.1 Å². The molecule has 0 aromatic carbocycles. The van der Waals surface area contributed by atoms with Gasteiger partial charge in [0.05, 0.1) is 18.4 Å². The molecule has 0 unspecified atom stereocenters. The molecule has 2 aliphatic rings. The van der Waals surface area contributed by atoms with Gasteiger partial charge in [0.1, 0.15) is 17.5 Å². The molecular formula is C21H34N6O4S.